The van der Waals surface area contributed by atoms with E-state index in [1.165, 1.54) is 17.2 Å². The first kappa shape index (κ1) is 22.1. The van der Waals surface area contributed by atoms with Crippen molar-refractivity contribution in [2.45, 2.75) is 13.0 Å². The maximum Gasteiger partial charge on any atom is 0.123 e. The first-order valence-electron chi connectivity index (χ1n) is 11.8. The Morgan fingerprint density at radius 1 is 0.794 bits per heavy atom. The van der Waals surface area contributed by atoms with Gasteiger partial charge in [0.05, 0.1) is 6.54 Å². The number of morpholine rings is 1. The van der Waals surface area contributed by atoms with Gasteiger partial charge >= 0.3 is 0 Å². The number of halogens is 1. The summed E-state index contributed by atoms with van der Waals surface area (Å²) < 4.78 is 20.3. The van der Waals surface area contributed by atoms with Crippen molar-refractivity contribution in [3.63, 3.8) is 0 Å². The Morgan fingerprint density at radius 2 is 1.53 bits per heavy atom. The van der Waals surface area contributed by atoms with Gasteiger partial charge in [-0.3, -0.25) is 4.90 Å². The monoisotopic (exact) mass is 449 g/mol. The summed E-state index contributed by atoms with van der Waals surface area (Å²) in [6.45, 7) is 3.24. The molecule has 3 heteroatoms. The van der Waals surface area contributed by atoms with E-state index in [9.17, 15) is 4.39 Å². The minimum atomic E-state index is -0.221. The van der Waals surface area contributed by atoms with Crippen molar-refractivity contribution in [3.05, 3.63) is 137 Å². The predicted octanol–water partition coefficient (Wildman–Crippen LogP) is 6.98. The molecule has 1 heterocycles. The minimum Gasteiger partial charge on any atom is -0.495 e. The molecule has 0 amide bonds. The number of benzene rings is 4. The Hall–Kier alpha value is -3.69. The Balaban J connectivity index is 1.50. The molecule has 1 saturated heterocycles. The summed E-state index contributed by atoms with van der Waals surface area (Å²) in [7, 11) is 0. The maximum atomic E-state index is 14.0. The molecule has 1 aliphatic heterocycles. The highest BCUT2D eigenvalue weighted by molar-refractivity contribution is 5.75. The van der Waals surface area contributed by atoms with Gasteiger partial charge in [-0.05, 0) is 39.9 Å². The van der Waals surface area contributed by atoms with Gasteiger partial charge in [-0.2, -0.15) is 0 Å². The number of hydrogen-bond acceptors (Lipinski definition) is 2. The lowest BCUT2D eigenvalue weighted by molar-refractivity contribution is 0.0906. The largest absolute Gasteiger partial charge is 0.495 e. The molecule has 0 saturated carbocycles. The van der Waals surface area contributed by atoms with E-state index < -0.39 is 0 Å². The van der Waals surface area contributed by atoms with Gasteiger partial charge in [0.1, 0.15) is 18.2 Å². The van der Waals surface area contributed by atoms with E-state index in [4.69, 9.17) is 4.74 Å². The predicted molar refractivity (Wildman–Crippen MR) is 137 cm³/mol. The van der Waals surface area contributed by atoms with Crippen molar-refractivity contribution in [1.29, 1.82) is 0 Å². The molecule has 0 aromatic heterocycles. The number of hydrogen-bond donors (Lipinski definition) is 0. The molecule has 0 spiro atoms. The molecule has 0 bridgehead atoms. The van der Waals surface area contributed by atoms with Gasteiger partial charge in [-0.1, -0.05) is 97.1 Å². The van der Waals surface area contributed by atoms with E-state index in [2.05, 4.69) is 77.7 Å². The summed E-state index contributed by atoms with van der Waals surface area (Å²) in [5, 5.41) is 0. The van der Waals surface area contributed by atoms with Gasteiger partial charge in [-0.15, -0.1) is 0 Å². The fraction of sp³-hybridized carbons (Fsp3) is 0.161. The zero-order valence-corrected chi connectivity index (χ0v) is 19.2. The van der Waals surface area contributed by atoms with E-state index in [0.717, 1.165) is 47.6 Å². The SMILES string of the molecule is Fc1cccc(-c2ccccc2CC(=C2CN(Cc3ccccc3)CCO2)c2ccccc2)c1. The highest BCUT2D eigenvalue weighted by Crippen LogP contribution is 2.32. The first-order chi connectivity index (χ1) is 16.8. The van der Waals surface area contributed by atoms with Crippen LogP contribution in [0.4, 0.5) is 4.39 Å². The standard InChI is InChI=1S/C31H28FNO/c32-28-16-9-15-26(20-28)29-17-8-7-14-27(29)21-30(25-12-5-2-6-13-25)31-23-33(18-19-34-31)22-24-10-3-1-4-11-24/h1-17,20H,18-19,21-23H2. The Kier molecular flexibility index (Phi) is 6.83. The van der Waals surface area contributed by atoms with E-state index in [0.29, 0.717) is 13.0 Å². The van der Waals surface area contributed by atoms with Crippen LogP contribution in [0.2, 0.25) is 0 Å². The smallest absolute Gasteiger partial charge is 0.123 e. The molecular formula is C31H28FNO. The summed E-state index contributed by atoms with van der Waals surface area (Å²) in [4.78, 5) is 2.44. The highest BCUT2D eigenvalue weighted by atomic mass is 19.1. The number of allylic oxidation sites excluding steroid dienone is 1. The van der Waals surface area contributed by atoms with Crippen LogP contribution in [0, 0.1) is 5.82 Å². The molecule has 0 aliphatic carbocycles. The quantitative estimate of drug-likeness (QED) is 0.315. The van der Waals surface area contributed by atoms with Crippen molar-refractivity contribution >= 4 is 5.57 Å². The molecule has 5 rings (SSSR count). The van der Waals surface area contributed by atoms with Gasteiger partial charge < -0.3 is 4.74 Å². The van der Waals surface area contributed by atoms with Crippen LogP contribution in [0.1, 0.15) is 16.7 Å². The molecule has 170 valence electrons. The van der Waals surface area contributed by atoms with E-state index in [1.54, 1.807) is 12.1 Å². The first-order valence-corrected chi connectivity index (χ1v) is 11.8. The fourth-order valence-corrected chi connectivity index (χ4v) is 4.59. The van der Waals surface area contributed by atoms with Gasteiger partial charge in [0, 0.05) is 25.1 Å². The van der Waals surface area contributed by atoms with Crippen molar-refractivity contribution in [2.75, 3.05) is 19.7 Å². The zero-order chi connectivity index (χ0) is 23.2. The van der Waals surface area contributed by atoms with Crippen LogP contribution >= 0.6 is 0 Å². The Bertz CT molecular complexity index is 1270. The van der Waals surface area contributed by atoms with Crippen LogP contribution < -0.4 is 0 Å². The minimum absolute atomic E-state index is 0.221. The van der Waals surface area contributed by atoms with Crippen LogP contribution in [0.25, 0.3) is 16.7 Å². The molecule has 4 aromatic carbocycles. The van der Waals surface area contributed by atoms with Crippen LogP contribution in [-0.4, -0.2) is 24.6 Å². The zero-order valence-electron chi connectivity index (χ0n) is 19.2. The van der Waals surface area contributed by atoms with Crippen LogP contribution in [0.3, 0.4) is 0 Å². The Labute approximate surface area is 201 Å². The molecule has 0 radical (unpaired) electrons. The molecule has 1 fully saturated rings. The molecule has 0 atom stereocenters. The molecule has 4 aromatic rings. The van der Waals surface area contributed by atoms with Crippen LogP contribution in [0.15, 0.2) is 115 Å². The molecule has 0 N–H and O–H groups in total. The summed E-state index contributed by atoms with van der Waals surface area (Å²) in [6.07, 6.45) is 0.714. The summed E-state index contributed by atoms with van der Waals surface area (Å²) in [6, 6.07) is 36.1. The number of nitrogens with zero attached hydrogens (tertiary/aromatic N) is 1. The lowest BCUT2D eigenvalue weighted by atomic mass is 9.91. The number of ether oxygens (including phenoxy) is 1. The molecule has 2 nitrogen and oxygen atoms in total. The van der Waals surface area contributed by atoms with Crippen LogP contribution in [-0.2, 0) is 17.7 Å². The van der Waals surface area contributed by atoms with E-state index in [-0.39, 0.29) is 5.82 Å². The Morgan fingerprint density at radius 3 is 2.32 bits per heavy atom. The average Bonchev–Trinajstić information content (AvgIpc) is 2.89. The van der Waals surface area contributed by atoms with Crippen molar-refractivity contribution in [1.82, 2.24) is 4.90 Å². The molecule has 34 heavy (non-hydrogen) atoms. The highest BCUT2D eigenvalue weighted by Gasteiger charge is 2.21. The van der Waals surface area contributed by atoms with E-state index >= 15 is 0 Å². The second kappa shape index (κ2) is 10.5. The lowest BCUT2D eigenvalue weighted by Gasteiger charge is -2.31. The molecule has 1 aliphatic rings. The van der Waals surface area contributed by atoms with Gasteiger partial charge in [0.25, 0.3) is 0 Å². The normalized spacial score (nSPS) is 15.6. The van der Waals surface area contributed by atoms with E-state index in [1.807, 2.05) is 18.2 Å². The van der Waals surface area contributed by atoms with Crippen molar-refractivity contribution in [2.24, 2.45) is 0 Å². The van der Waals surface area contributed by atoms with Crippen molar-refractivity contribution in [3.8, 4) is 11.1 Å². The third-order valence-corrected chi connectivity index (χ3v) is 6.28. The van der Waals surface area contributed by atoms with Crippen LogP contribution in [0.5, 0.6) is 0 Å². The average molecular weight is 450 g/mol. The van der Waals surface area contributed by atoms with Gasteiger partial charge in [0.15, 0.2) is 0 Å². The molecular weight excluding hydrogens is 421 g/mol. The second-order valence-corrected chi connectivity index (χ2v) is 8.66. The number of rotatable bonds is 6. The maximum absolute atomic E-state index is 14.0. The lowest BCUT2D eigenvalue weighted by Crippen LogP contribution is -2.35. The second-order valence-electron chi connectivity index (χ2n) is 8.66. The summed E-state index contributed by atoms with van der Waals surface area (Å²) in [5.74, 6) is 0.795. The molecule has 0 unspecified atom stereocenters. The summed E-state index contributed by atoms with van der Waals surface area (Å²) in [5.41, 5.74) is 6.75. The summed E-state index contributed by atoms with van der Waals surface area (Å²) >= 11 is 0. The van der Waals surface area contributed by atoms with Gasteiger partial charge in [-0.25, -0.2) is 4.39 Å². The topological polar surface area (TPSA) is 12.5 Å². The van der Waals surface area contributed by atoms with Gasteiger partial charge in [0.2, 0.25) is 0 Å². The fourth-order valence-electron chi connectivity index (χ4n) is 4.59. The third-order valence-electron chi connectivity index (χ3n) is 6.28. The third kappa shape index (κ3) is 5.27. The van der Waals surface area contributed by atoms with Crippen molar-refractivity contribution < 1.29 is 9.13 Å².